The maximum Gasteiger partial charge on any atom is 0.222 e. The summed E-state index contributed by atoms with van der Waals surface area (Å²) in [6.45, 7) is 3.58. The third kappa shape index (κ3) is 4.91. The molecule has 0 aliphatic carbocycles. The molecule has 2 aromatic rings. The summed E-state index contributed by atoms with van der Waals surface area (Å²) in [5.74, 6) is 1.71. The second-order valence-electron chi connectivity index (χ2n) is 7.32. The van der Waals surface area contributed by atoms with Gasteiger partial charge in [-0.3, -0.25) is 9.78 Å². The molecule has 1 atom stereocenters. The highest BCUT2D eigenvalue weighted by Crippen LogP contribution is 2.26. The molecule has 26 heavy (non-hydrogen) atoms. The van der Waals surface area contributed by atoms with Crippen LogP contribution in [0, 0.1) is 0 Å². The average Bonchev–Trinajstić information content (AvgIpc) is 3.14. The Balaban J connectivity index is 1.57. The first-order valence-corrected chi connectivity index (χ1v) is 9.46. The molecule has 0 radical (unpaired) electrons. The summed E-state index contributed by atoms with van der Waals surface area (Å²) in [5, 5.41) is 0. The second kappa shape index (κ2) is 8.94. The first kappa shape index (κ1) is 18.6. The zero-order chi connectivity index (χ0) is 18.4. The van der Waals surface area contributed by atoms with Crippen LogP contribution in [0.3, 0.4) is 0 Å². The van der Waals surface area contributed by atoms with Crippen LogP contribution in [0.2, 0.25) is 0 Å². The molecule has 0 bridgehead atoms. The fraction of sp³-hybridized carbons (Fsp3) is 0.550. The molecular weight excluding hydrogens is 326 g/mol. The molecular formula is C20H29N5O. The Morgan fingerprint density at radius 2 is 2.08 bits per heavy atom. The van der Waals surface area contributed by atoms with Gasteiger partial charge in [0.25, 0.3) is 0 Å². The van der Waals surface area contributed by atoms with Crippen molar-refractivity contribution < 1.29 is 4.79 Å². The number of amides is 1. The number of aryl methyl sites for hydroxylation is 1. The third-order valence-corrected chi connectivity index (χ3v) is 5.05. The van der Waals surface area contributed by atoms with Crippen molar-refractivity contribution in [3.8, 4) is 0 Å². The van der Waals surface area contributed by atoms with Gasteiger partial charge in [-0.1, -0.05) is 0 Å². The van der Waals surface area contributed by atoms with Crippen LogP contribution in [0.1, 0.15) is 36.6 Å². The Kier molecular flexibility index (Phi) is 6.39. The number of carbonyl (C=O) groups excluding carboxylic acids is 1. The van der Waals surface area contributed by atoms with Crippen LogP contribution in [-0.4, -0.2) is 64.0 Å². The van der Waals surface area contributed by atoms with Gasteiger partial charge in [-0.25, -0.2) is 4.98 Å². The Hall–Kier alpha value is -2.21. The number of nitrogens with zero attached hydrogens (tertiary/aromatic N) is 5. The van der Waals surface area contributed by atoms with Gasteiger partial charge in [-0.15, -0.1) is 0 Å². The summed E-state index contributed by atoms with van der Waals surface area (Å²) in [7, 11) is 4.17. The summed E-state index contributed by atoms with van der Waals surface area (Å²) in [6, 6.07) is 3.96. The molecule has 1 amide bonds. The Labute approximate surface area is 155 Å². The first-order chi connectivity index (χ1) is 12.6. The van der Waals surface area contributed by atoms with Crippen molar-refractivity contribution in [3.05, 3.63) is 48.3 Å². The second-order valence-corrected chi connectivity index (χ2v) is 7.32. The van der Waals surface area contributed by atoms with E-state index in [1.54, 1.807) is 12.4 Å². The van der Waals surface area contributed by atoms with E-state index in [9.17, 15) is 4.79 Å². The lowest BCUT2D eigenvalue weighted by atomic mass is 9.96. The molecule has 1 fully saturated rings. The van der Waals surface area contributed by atoms with Gasteiger partial charge in [0.1, 0.15) is 5.82 Å². The van der Waals surface area contributed by atoms with Gasteiger partial charge >= 0.3 is 0 Å². The molecule has 0 unspecified atom stereocenters. The van der Waals surface area contributed by atoms with E-state index in [1.807, 2.05) is 23.2 Å². The predicted molar refractivity (Wildman–Crippen MR) is 102 cm³/mol. The SMILES string of the molecule is CN(C)CCn1ccnc1[C@@H]1CCCN(C(=O)CCc2ccncc2)C1. The highest BCUT2D eigenvalue weighted by Gasteiger charge is 2.27. The molecule has 3 rings (SSSR count). The molecule has 6 nitrogen and oxygen atoms in total. The zero-order valence-electron chi connectivity index (χ0n) is 15.8. The molecule has 1 aliphatic rings. The minimum atomic E-state index is 0.248. The van der Waals surface area contributed by atoms with Crippen LogP contribution in [0.5, 0.6) is 0 Å². The maximum atomic E-state index is 12.7. The van der Waals surface area contributed by atoms with Crippen LogP contribution < -0.4 is 0 Å². The fourth-order valence-corrected chi connectivity index (χ4v) is 3.55. The smallest absolute Gasteiger partial charge is 0.222 e. The van der Waals surface area contributed by atoms with E-state index in [0.29, 0.717) is 12.3 Å². The summed E-state index contributed by atoms with van der Waals surface area (Å²) >= 11 is 0. The van der Waals surface area contributed by atoms with Crippen molar-refractivity contribution in [2.45, 2.75) is 38.1 Å². The standard InChI is InChI=1S/C20H29N5O/c1-23(2)14-15-24-13-11-22-20(24)18-4-3-12-25(16-18)19(26)6-5-17-7-9-21-10-8-17/h7-11,13,18H,3-6,12,14-16H2,1-2H3/t18-/m1/s1. The van der Waals surface area contributed by atoms with Crippen LogP contribution >= 0.6 is 0 Å². The van der Waals surface area contributed by atoms with Crippen LogP contribution in [0.25, 0.3) is 0 Å². The molecule has 1 saturated heterocycles. The van der Waals surface area contributed by atoms with Gasteiger partial charge in [0.15, 0.2) is 0 Å². The van der Waals surface area contributed by atoms with Crippen LogP contribution in [0.4, 0.5) is 0 Å². The van der Waals surface area contributed by atoms with Crippen molar-refractivity contribution >= 4 is 5.91 Å². The molecule has 3 heterocycles. The van der Waals surface area contributed by atoms with Gasteiger partial charge < -0.3 is 14.4 Å². The summed E-state index contributed by atoms with van der Waals surface area (Å²) in [5.41, 5.74) is 1.17. The number of hydrogen-bond acceptors (Lipinski definition) is 4. The number of piperidine rings is 1. The fourth-order valence-electron chi connectivity index (χ4n) is 3.55. The van der Waals surface area contributed by atoms with Gasteiger partial charge in [0, 0.05) is 63.3 Å². The lowest BCUT2D eigenvalue weighted by molar-refractivity contribution is -0.132. The van der Waals surface area contributed by atoms with Crippen molar-refractivity contribution in [3.63, 3.8) is 0 Å². The van der Waals surface area contributed by atoms with E-state index in [-0.39, 0.29) is 5.91 Å². The monoisotopic (exact) mass is 355 g/mol. The van der Waals surface area contributed by atoms with Gasteiger partial charge in [-0.05, 0) is 51.1 Å². The minimum absolute atomic E-state index is 0.248. The van der Waals surface area contributed by atoms with Crippen molar-refractivity contribution in [1.29, 1.82) is 0 Å². The topological polar surface area (TPSA) is 54.3 Å². The Morgan fingerprint density at radius 1 is 1.27 bits per heavy atom. The number of hydrogen-bond donors (Lipinski definition) is 0. The largest absolute Gasteiger partial charge is 0.342 e. The molecule has 0 saturated carbocycles. The van der Waals surface area contributed by atoms with Crippen LogP contribution in [-0.2, 0) is 17.8 Å². The lowest BCUT2D eigenvalue weighted by Gasteiger charge is -2.33. The molecule has 0 spiro atoms. The van der Waals surface area contributed by atoms with E-state index in [1.165, 1.54) is 5.56 Å². The van der Waals surface area contributed by atoms with Gasteiger partial charge in [0.2, 0.25) is 5.91 Å². The number of carbonyl (C=O) groups is 1. The van der Waals surface area contributed by atoms with Crippen molar-refractivity contribution in [2.24, 2.45) is 0 Å². The molecule has 0 N–H and O–H groups in total. The summed E-state index contributed by atoms with van der Waals surface area (Å²) in [6.07, 6.45) is 11.0. The van der Waals surface area contributed by atoms with Crippen LogP contribution in [0.15, 0.2) is 36.9 Å². The molecule has 2 aromatic heterocycles. The van der Waals surface area contributed by atoms with E-state index < -0.39 is 0 Å². The zero-order valence-corrected chi connectivity index (χ0v) is 15.8. The van der Waals surface area contributed by atoms with Gasteiger partial charge in [0.05, 0.1) is 0 Å². The molecule has 1 aliphatic heterocycles. The number of rotatable bonds is 7. The molecule has 140 valence electrons. The first-order valence-electron chi connectivity index (χ1n) is 9.46. The molecule has 6 heteroatoms. The maximum absolute atomic E-state index is 12.7. The van der Waals surface area contributed by atoms with E-state index >= 15 is 0 Å². The highest BCUT2D eigenvalue weighted by molar-refractivity contribution is 5.76. The third-order valence-electron chi connectivity index (χ3n) is 5.05. The highest BCUT2D eigenvalue weighted by atomic mass is 16.2. The summed E-state index contributed by atoms with van der Waals surface area (Å²) < 4.78 is 2.25. The number of imidazole rings is 1. The minimum Gasteiger partial charge on any atom is -0.342 e. The van der Waals surface area contributed by atoms with E-state index in [0.717, 1.165) is 51.3 Å². The number of likely N-dealkylation sites (N-methyl/N-ethyl adjacent to an activating group) is 1. The molecule has 0 aromatic carbocycles. The van der Waals surface area contributed by atoms with Crippen molar-refractivity contribution in [2.75, 3.05) is 33.7 Å². The average molecular weight is 355 g/mol. The Bertz CT molecular complexity index is 697. The number of aromatic nitrogens is 3. The number of pyridine rings is 1. The van der Waals surface area contributed by atoms with Crippen molar-refractivity contribution in [1.82, 2.24) is 24.3 Å². The Morgan fingerprint density at radius 3 is 2.85 bits per heavy atom. The number of likely N-dealkylation sites (tertiary alicyclic amines) is 1. The predicted octanol–water partition coefficient (Wildman–Crippen LogP) is 2.18. The quantitative estimate of drug-likeness (QED) is 0.764. The van der Waals surface area contributed by atoms with E-state index in [4.69, 9.17) is 0 Å². The van der Waals surface area contributed by atoms with Gasteiger partial charge in [-0.2, -0.15) is 0 Å². The normalized spacial score (nSPS) is 17.7. The summed E-state index contributed by atoms with van der Waals surface area (Å²) in [4.78, 5) is 25.5. The van der Waals surface area contributed by atoms with E-state index in [2.05, 4.69) is 39.7 Å². The lowest BCUT2D eigenvalue weighted by Crippen LogP contribution is -2.40.